The minimum atomic E-state index is 0.553. The molecule has 4 heteroatoms. The molecule has 0 spiro atoms. The maximum Gasteiger partial charge on any atom is 0.133 e. The lowest BCUT2D eigenvalue weighted by molar-refractivity contribution is 0.607. The largest absolute Gasteiger partial charge is 0.369 e. The highest BCUT2D eigenvalue weighted by Crippen LogP contribution is 2.35. The summed E-state index contributed by atoms with van der Waals surface area (Å²) in [4.78, 5) is 0. The molecule has 0 saturated carbocycles. The molecule has 1 aromatic heterocycles. The Balaban J connectivity index is 2.08. The van der Waals surface area contributed by atoms with Gasteiger partial charge in [-0.1, -0.05) is 25.4 Å². The van der Waals surface area contributed by atoms with E-state index in [-0.39, 0.29) is 0 Å². The molecule has 1 aliphatic heterocycles. The van der Waals surface area contributed by atoms with E-state index in [0.29, 0.717) is 5.92 Å². The lowest BCUT2D eigenvalue weighted by Gasteiger charge is -2.10. The van der Waals surface area contributed by atoms with Crippen LogP contribution in [0.15, 0.2) is 24.3 Å². The van der Waals surface area contributed by atoms with Crippen molar-refractivity contribution >= 4 is 17.4 Å². The fourth-order valence-corrected chi connectivity index (χ4v) is 3.10. The first-order valence-corrected chi connectivity index (χ1v) is 7.74. The first-order chi connectivity index (χ1) is 9.74. The number of halogens is 1. The third-order valence-electron chi connectivity index (χ3n) is 4.13. The Bertz CT molecular complexity index is 597. The fourth-order valence-electron chi connectivity index (χ4n) is 2.97. The Hall–Kier alpha value is -1.48. The molecule has 106 valence electrons. The summed E-state index contributed by atoms with van der Waals surface area (Å²) in [7, 11) is 0. The quantitative estimate of drug-likeness (QED) is 0.904. The molecule has 3 nitrogen and oxygen atoms in total. The van der Waals surface area contributed by atoms with Crippen molar-refractivity contribution in [2.45, 2.75) is 39.0 Å². The summed E-state index contributed by atoms with van der Waals surface area (Å²) in [5, 5.41) is 9.11. The SMILES string of the molecule is CCC(CC)c1nn(-c2ccc(Cl)cc2)c2c1CCN2. The normalized spacial score (nSPS) is 13.6. The Labute approximate surface area is 124 Å². The fraction of sp³-hybridized carbons (Fsp3) is 0.438. The van der Waals surface area contributed by atoms with Crippen molar-refractivity contribution in [3.05, 3.63) is 40.5 Å². The van der Waals surface area contributed by atoms with Crippen LogP contribution in [0.4, 0.5) is 5.82 Å². The van der Waals surface area contributed by atoms with Crippen LogP contribution in [0, 0.1) is 0 Å². The van der Waals surface area contributed by atoms with Gasteiger partial charge in [-0.2, -0.15) is 5.10 Å². The number of aromatic nitrogens is 2. The van der Waals surface area contributed by atoms with Crippen LogP contribution < -0.4 is 5.32 Å². The Morgan fingerprint density at radius 2 is 1.95 bits per heavy atom. The number of anilines is 1. The highest BCUT2D eigenvalue weighted by molar-refractivity contribution is 6.30. The molecule has 2 aromatic rings. The van der Waals surface area contributed by atoms with Gasteiger partial charge in [-0.3, -0.25) is 0 Å². The molecule has 0 bridgehead atoms. The average molecular weight is 290 g/mol. The summed E-state index contributed by atoms with van der Waals surface area (Å²) in [6.07, 6.45) is 3.36. The predicted molar refractivity (Wildman–Crippen MR) is 84.1 cm³/mol. The Kier molecular flexibility index (Phi) is 3.70. The molecular formula is C16H20ClN3. The highest BCUT2D eigenvalue weighted by atomic mass is 35.5. The molecule has 1 aliphatic rings. The summed E-state index contributed by atoms with van der Waals surface area (Å²) in [6.45, 7) is 5.49. The smallest absolute Gasteiger partial charge is 0.133 e. The zero-order valence-electron chi connectivity index (χ0n) is 12.0. The molecule has 0 unspecified atom stereocenters. The van der Waals surface area contributed by atoms with Gasteiger partial charge in [0.1, 0.15) is 5.82 Å². The number of rotatable bonds is 4. The summed E-state index contributed by atoms with van der Waals surface area (Å²) < 4.78 is 2.03. The van der Waals surface area contributed by atoms with Gasteiger partial charge < -0.3 is 5.32 Å². The van der Waals surface area contributed by atoms with Crippen LogP contribution >= 0.6 is 11.6 Å². The molecule has 2 heterocycles. The van der Waals surface area contributed by atoms with E-state index < -0.39 is 0 Å². The minimum Gasteiger partial charge on any atom is -0.369 e. The second-order valence-corrected chi connectivity index (χ2v) is 5.73. The lowest BCUT2D eigenvalue weighted by Crippen LogP contribution is -2.06. The van der Waals surface area contributed by atoms with Crippen LogP contribution in [-0.4, -0.2) is 16.3 Å². The summed E-state index contributed by atoms with van der Waals surface area (Å²) in [6, 6.07) is 7.87. The van der Waals surface area contributed by atoms with E-state index >= 15 is 0 Å². The molecule has 0 saturated heterocycles. The summed E-state index contributed by atoms with van der Waals surface area (Å²) in [5.74, 6) is 1.71. The van der Waals surface area contributed by atoms with E-state index in [4.69, 9.17) is 16.7 Å². The summed E-state index contributed by atoms with van der Waals surface area (Å²) >= 11 is 5.97. The van der Waals surface area contributed by atoms with E-state index in [0.717, 1.165) is 42.3 Å². The second-order valence-electron chi connectivity index (χ2n) is 5.29. The number of nitrogens with one attached hydrogen (secondary N) is 1. The molecule has 0 aliphatic carbocycles. The van der Waals surface area contributed by atoms with E-state index in [1.54, 1.807) is 0 Å². The molecule has 0 amide bonds. The van der Waals surface area contributed by atoms with Gasteiger partial charge in [0.15, 0.2) is 0 Å². The maximum absolute atomic E-state index is 5.97. The van der Waals surface area contributed by atoms with E-state index in [2.05, 4.69) is 19.2 Å². The van der Waals surface area contributed by atoms with Crippen molar-refractivity contribution in [2.24, 2.45) is 0 Å². The van der Waals surface area contributed by atoms with Crippen LogP contribution in [0.1, 0.15) is 43.9 Å². The number of hydrogen-bond donors (Lipinski definition) is 1. The van der Waals surface area contributed by atoms with E-state index in [9.17, 15) is 0 Å². The van der Waals surface area contributed by atoms with Gasteiger partial charge in [-0.05, 0) is 43.5 Å². The van der Waals surface area contributed by atoms with Crippen LogP contribution in [-0.2, 0) is 6.42 Å². The molecule has 3 rings (SSSR count). The topological polar surface area (TPSA) is 29.9 Å². The lowest BCUT2D eigenvalue weighted by atomic mass is 9.96. The number of hydrogen-bond acceptors (Lipinski definition) is 2. The maximum atomic E-state index is 5.97. The first kappa shape index (κ1) is 13.5. The van der Waals surface area contributed by atoms with Crippen molar-refractivity contribution < 1.29 is 0 Å². The van der Waals surface area contributed by atoms with Crippen LogP contribution in [0.3, 0.4) is 0 Å². The van der Waals surface area contributed by atoms with Crippen LogP contribution in [0.25, 0.3) is 5.69 Å². The third-order valence-corrected chi connectivity index (χ3v) is 4.38. The van der Waals surface area contributed by atoms with Gasteiger partial charge in [0.25, 0.3) is 0 Å². The van der Waals surface area contributed by atoms with Gasteiger partial charge in [0, 0.05) is 23.0 Å². The Morgan fingerprint density at radius 3 is 2.60 bits per heavy atom. The van der Waals surface area contributed by atoms with Crippen molar-refractivity contribution in [3.63, 3.8) is 0 Å². The number of benzene rings is 1. The molecule has 20 heavy (non-hydrogen) atoms. The van der Waals surface area contributed by atoms with Crippen molar-refractivity contribution in [1.82, 2.24) is 9.78 Å². The Morgan fingerprint density at radius 1 is 1.25 bits per heavy atom. The van der Waals surface area contributed by atoms with Gasteiger partial charge in [-0.15, -0.1) is 0 Å². The third kappa shape index (κ3) is 2.20. The molecular weight excluding hydrogens is 270 g/mol. The molecule has 0 fully saturated rings. The zero-order chi connectivity index (χ0) is 14.1. The van der Waals surface area contributed by atoms with Gasteiger partial charge in [-0.25, -0.2) is 4.68 Å². The van der Waals surface area contributed by atoms with Crippen molar-refractivity contribution in [1.29, 1.82) is 0 Å². The monoisotopic (exact) mass is 289 g/mol. The van der Waals surface area contributed by atoms with Gasteiger partial charge >= 0.3 is 0 Å². The van der Waals surface area contributed by atoms with Crippen molar-refractivity contribution in [3.8, 4) is 5.69 Å². The second kappa shape index (κ2) is 5.49. The number of fused-ring (bicyclic) bond motifs is 1. The van der Waals surface area contributed by atoms with Gasteiger partial charge in [0.05, 0.1) is 11.4 Å². The minimum absolute atomic E-state index is 0.553. The van der Waals surface area contributed by atoms with Crippen molar-refractivity contribution in [2.75, 3.05) is 11.9 Å². The van der Waals surface area contributed by atoms with Crippen LogP contribution in [0.2, 0.25) is 5.02 Å². The highest BCUT2D eigenvalue weighted by Gasteiger charge is 2.26. The molecule has 1 N–H and O–H groups in total. The number of nitrogens with zero attached hydrogens (tertiary/aromatic N) is 2. The van der Waals surface area contributed by atoms with E-state index in [1.165, 1.54) is 11.3 Å². The molecule has 1 aromatic carbocycles. The van der Waals surface area contributed by atoms with E-state index in [1.807, 2.05) is 28.9 Å². The van der Waals surface area contributed by atoms with Gasteiger partial charge in [0.2, 0.25) is 0 Å². The average Bonchev–Trinajstić information content (AvgIpc) is 3.05. The standard InChI is InChI=1S/C16H20ClN3/c1-3-11(4-2)15-14-9-10-18-16(14)20(19-15)13-7-5-12(17)6-8-13/h5-8,11,18H,3-4,9-10H2,1-2H3. The molecule has 0 radical (unpaired) electrons. The summed E-state index contributed by atoms with van der Waals surface area (Å²) in [5.41, 5.74) is 3.73. The molecule has 0 atom stereocenters. The predicted octanol–water partition coefficient (Wildman–Crippen LogP) is 4.40. The first-order valence-electron chi connectivity index (χ1n) is 7.36. The zero-order valence-corrected chi connectivity index (χ0v) is 12.7. The van der Waals surface area contributed by atoms with Crippen LogP contribution in [0.5, 0.6) is 0 Å².